The van der Waals surface area contributed by atoms with Gasteiger partial charge in [0.2, 0.25) is 0 Å². The average molecular weight is 473 g/mol. The summed E-state index contributed by atoms with van der Waals surface area (Å²) in [6.45, 7) is 4.27. The highest BCUT2D eigenvalue weighted by Gasteiger charge is 2.16. The van der Waals surface area contributed by atoms with Crippen molar-refractivity contribution < 1.29 is 17.9 Å². The molecule has 4 rings (SSSR count). The van der Waals surface area contributed by atoms with Gasteiger partial charge in [-0.05, 0) is 60.6 Å². The molecule has 0 amide bonds. The van der Waals surface area contributed by atoms with Gasteiger partial charge in [-0.2, -0.15) is 0 Å². The molecule has 0 radical (unpaired) electrons. The summed E-state index contributed by atoms with van der Waals surface area (Å²) >= 11 is 0. The lowest BCUT2D eigenvalue weighted by atomic mass is 9.96. The SMILES string of the molecule is CC=Cc1ccc(-c2ccc(-c3ccc(CCc4ccc(OCC)cc4F)cc3)c(F)c2F)cc1. The molecule has 0 N–H and O–H groups in total. The van der Waals surface area contributed by atoms with E-state index in [4.69, 9.17) is 4.74 Å². The molecule has 0 saturated carbocycles. The number of halogens is 3. The van der Waals surface area contributed by atoms with E-state index in [1.54, 1.807) is 48.5 Å². The molecule has 4 aromatic rings. The third-order valence-electron chi connectivity index (χ3n) is 5.95. The zero-order valence-electron chi connectivity index (χ0n) is 19.8. The number of allylic oxidation sites excluding steroid dienone is 1. The van der Waals surface area contributed by atoms with Crippen molar-refractivity contribution in [3.05, 3.63) is 119 Å². The Hall–Kier alpha value is -3.79. The van der Waals surface area contributed by atoms with Crippen LogP contribution in [0, 0.1) is 17.5 Å². The van der Waals surface area contributed by atoms with Gasteiger partial charge in [0.1, 0.15) is 11.6 Å². The summed E-state index contributed by atoms with van der Waals surface area (Å²) in [6, 6.07) is 22.7. The lowest BCUT2D eigenvalue weighted by molar-refractivity contribution is 0.338. The third kappa shape index (κ3) is 5.65. The maximum absolute atomic E-state index is 15.0. The van der Waals surface area contributed by atoms with E-state index >= 15 is 0 Å². The quantitative estimate of drug-likeness (QED) is 0.249. The van der Waals surface area contributed by atoms with Crippen molar-refractivity contribution in [2.24, 2.45) is 0 Å². The van der Waals surface area contributed by atoms with Gasteiger partial charge in [-0.25, -0.2) is 13.2 Å². The van der Waals surface area contributed by atoms with E-state index in [1.165, 1.54) is 6.07 Å². The molecule has 0 aromatic heterocycles. The molecule has 1 nitrogen and oxygen atoms in total. The molecule has 0 unspecified atom stereocenters. The molecule has 4 heteroatoms. The number of benzene rings is 4. The van der Waals surface area contributed by atoms with Crippen LogP contribution in [0.2, 0.25) is 0 Å². The number of rotatable bonds is 8. The highest BCUT2D eigenvalue weighted by molar-refractivity contribution is 5.72. The van der Waals surface area contributed by atoms with Crippen molar-refractivity contribution in [2.45, 2.75) is 26.7 Å². The van der Waals surface area contributed by atoms with E-state index < -0.39 is 11.6 Å². The Morgan fingerprint density at radius 2 is 1.31 bits per heavy atom. The summed E-state index contributed by atoms with van der Waals surface area (Å²) in [6.07, 6.45) is 5.03. The Morgan fingerprint density at radius 1 is 0.714 bits per heavy atom. The van der Waals surface area contributed by atoms with Gasteiger partial charge in [-0.3, -0.25) is 0 Å². The number of aryl methyl sites for hydroxylation is 2. The van der Waals surface area contributed by atoms with Gasteiger partial charge < -0.3 is 4.74 Å². The Balaban J connectivity index is 1.48. The van der Waals surface area contributed by atoms with Crippen LogP contribution in [0.15, 0.2) is 84.9 Å². The normalized spacial score (nSPS) is 11.2. The Labute approximate surface area is 204 Å². The fourth-order valence-electron chi connectivity index (χ4n) is 4.08. The van der Waals surface area contributed by atoms with Crippen molar-refractivity contribution in [2.75, 3.05) is 6.61 Å². The zero-order chi connectivity index (χ0) is 24.8. The van der Waals surface area contributed by atoms with E-state index in [0.29, 0.717) is 41.9 Å². The van der Waals surface area contributed by atoms with Crippen molar-refractivity contribution >= 4 is 6.08 Å². The third-order valence-corrected chi connectivity index (χ3v) is 5.95. The maximum atomic E-state index is 15.0. The summed E-state index contributed by atoms with van der Waals surface area (Å²) in [5.74, 6) is -1.51. The number of hydrogen-bond acceptors (Lipinski definition) is 1. The van der Waals surface area contributed by atoms with E-state index in [0.717, 1.165) is 11.1 Å². The van der Waals surface area contributed by atoms with Gasteiger partial charge in [0.15, 0.2) is 11.6 Å². The molecule has 0 aliphatic heterocycles. The van der Waals surface area contributed by atoms with Gasteiger partial charge in [0, 0.05) is 17.2 Å². The van der Waals surface area contributed by atoms with Crippen LogP contribution >= 0.6 is 0 Å². The van der Waals surface area contributed by atoms with E-state index in [9.17, 15) is 13.2 Å². The minimum absolute atomic E-state index is 0.209. The summed E-state index contributed by atoms with van der Waals surface area (Å²) in [5, 5.41) is 0. The Bertz CT molecular complexity index is 1320. The second-order valence-electron chi connectivity index (χ2n) is 8.29. The van der Waals surface area contributed by atoms with Crippen molar-refractivity contribution in [1.82, 2.24) is 0 Å². The zero-order valence-corrected chi connectivity index (χ0v) is 19.8. The summed E-state index contributed by atoms with van der Waals surface area (Å²) in [4.78, 5) is 0. The van der Waals surface area contributed by atoms with Gasteiger partial charge in [-0.15, -0.1) is 0 Å². The first-order valence-electron chi connectivity index (χ1n) is 11.7. The molecule has 0 fully saturated rings. The minimum Gasteiger partial charge on any atom is -0.494 e. The average Bonchev–Trinajstić information content (AvgIpc) is 2.87. The van der Waals surface area contributed by atoms with Crippen LogP contribution in [-0.4, -0.2) is 6.61 Å². The summed E-state index contributed by atoms with van der Waals surface area (Å²) < 4.78 is 49.6. The van der Waals surface area contributed by atoms with E-state index in [1.807, 2.05) is 50.3 Å². The van der Waals surface area contributed by atoms with Gasteiger partial charge in [0.25, 0.3) is 0 Å². The fraction of sp³-hybridized carbons (Fsp3) is 0.161. The van der Waals surface area contributed by atoms with E-state index in [-0.39, 0.29) is 16.9 Å². The highest BCUT2D eigenvalue weighted by Crippen LogP contribution is 2.32. The summed E-state index contributed by atoms with van der Waals surface area (Å²) in [5.41, 5.74) is 4.25. The Kier molecular flexibility index (Phi) is 7.71. The first-order chi connectivity index (χ1) is 17.0. The Morgan fingerprint density at radius 3 is 1.86 bits per heavy atom. The molecule has 0 aliphatic carbocycles. The number of ether oxygens (including phenoxy) is 1. The lowest BCUT2D eigenvalue weighted by Gasteiger charge is -2.11. The molecule has 0 aliphatic rings. The highest BCUT2D eigenvalue weighted by atomic mass is 19.2. The monoisotopic (exact) mass is 472 g/mol. The molecule has 0 heterocycles. The molecular weight excluding hydrogens is 445 g/mol. The van der Waals surface area contributed by atoms with Crippen molar-refractivity contribution in [3.63, 3.8) is 0 Å². The standard InChI is InChI=1S/C31H27F3O/c1-3-5-21-6-11-23(12-7-21)27-18-19-28(31(34)30(27)33)24-13-8-22(9-14-24)10-15-25-16-17-26(35-4-2)20-29(25)32/h3,5-9,11-14,16-20H,4,10,15H2,1-2H3. The topological polar surface area (TPSA) is 9.23 Å². The molecule has 35 heavy (non-hydrogen) atoms. The fourth-order valence-corrected chi connectivity index (χ4v) is 4.08. The first-order valence-corrected chi connectivity index (χ1v) is 11.7. The second kappa shape index (κ2) is 11.1. The van der Waals surface area contributed by atoms with Crippen LogP contribution in [0.25, 0.3) is 28.3 Å². The molecule has 0 saturated heterocycles. The number of hydrogen-bond donors (Lipinski definition) is 0. The van der Waals surface area contributed by atoms with Crippen LogP contribution in [0.1, 0.15) is 30.5 Å². The predicted molar refractivity (Wildman–Crippen MR) is 137 cm³/mol. The lowest BCUT2D eigenvalue weighted by Crippen LogP contribution is -1.98. The van der Waals surface area contributed by atoms with Crippen LogP contribution in [0.3, 0.4) is 0 Å². The van der Waals surface area contributed by atoms with Crippen molar-refractivity contribution in [1.29, 1.82) is 0 Å². The smallest absolute Gasteiger partial charge is 0.167 e. The maximum Gasteiger partial charge on any atom is 0.167 e. The summed E-state index contributed by atoms with van der Waals surface area (Å²) in [7, 11) is 0. The van der Waals surface area contributed by atoms with Crippen LogP contribution < -0.4 is 4.74 Å². The molecule has 0 spiro atoms. The molecular formula is C31H27F3O. The van der Waals surface area contributed by atoms with Crippen LogP contribution in [-0.2, 0) is 12.8 Å². The van der Waals surface area contributed by atoms with Crippen molar-refractivity contribution in [3.8, 4) is 28.0 Å². The molecule has 0 bridgehead atoms. The second-order valence-corrected chi connectivity index (χ2v) is 8.29. The largest absolute Gasteiger partial charge is 0.494 e. The molecule has 4 aromatic carbocycles. The van der Waals surface area contributed by atoms with E-state index in [2.05, 4.69) is 0 Å². The van der Waals surface area contributed by atoms with Gasteiger partial charge >= 0.3 is 0 Å². The van der Waals surface area contributed by atoms with Crippen LogP contribution in [0.4, 0.5) is 13.2 Å². The molecule has 0 atom stereocenters. The van der Waals surface area contributed by atoms with Gasteiger partial charge in [-0.1, -0.05) is 78.9 Å². The van der Waals surface area contributed by atoms with Crippen LogP contribution in [0.5, 0.6) is 5.75 Å². The first kappa shape index (κ1) is 24.3. The molecule has 178 valence electrons. The predicted octanol–water partition coefficient (Wildman–Crippen LogP) is 8.65. The van der Waals surface area contributed by atoms with Gasteiger partial charge in [0.05, 0.1) is 6.61 Å². The minimum atomic E-state index is -0.871.